The zero-order valence-electron chi connectivity index (χ0n) is 7.09. The van der Waals surface area contributed by atoms with E-state index in [4.69, 9.17) is 0 Å². The second-order valence-corrected chi connectivity index (χ2v) is 4.46. The summed E-state index contributed by atoms with van der Waals surface area (Å²) in [5, 5.41) is 0. The molecule has 0 aliphatic carbocycles. The lowest BCUT2D eigenvalue weighted by Gasteiger charge is -2.25. The van der Waals surface area contributed by atoms with Gasteiger partial charge in [-0.25, -0.2) is 4.39 Å². The maximum atomic E-state index is 12.9. The average molecular weight is 132 g/mol. The van der Waals surface area contributed by atoms with Crippen molar-refractivity contribution in [3.05, 3.63) is 0 Å². The predicted octanol–water partition coefficient (Wildman–Crippen LogP) is 3.17. The first kappa shape index (κ1) is 8.93. The Morgan fingerprint density at radius 3 is 1.33 bits per heavy atom. The van der Waals surface area contributed by atoms with E-state index in [1.165, 1.54) is 0 Å². The SMILES string of the molecule is CC(C)(C)CC(C)(C)F. The maximum Gasteiger partial charge on any atom is 0.106 e. The van der Waals surface area contributed by atoms with Crippen LogP contribution in [0.2, 0.25) is 0 Å². The predicted molar refractivity (Wildman–Crippen MR) is 39.3 cm³/mol. The summed E-state index contributed by atoms with van der Waals surface area (Å²) in [6.07, 6.45) is 0.625. The van der Waals surface area contributed by atoms with Crippen LogP contribution in [0.1, 0.15) is 41.0 Å². The number of hydrogen-bond donors (Lipinski definition) is 0. The third-order valence-electron chi connectivity index (χ3n) is 0.951. The fourth-order valence-corrected chi connectivity index (χ4v) is 1.26. The summed E-state index contributed by atoms with van der Waals surface area (Å²) in [7, 11) is 0. The Labute approximate surface area is 57.5 Å². The summed E-state index contributed by atoms with van der Waals surface area (Å²) in [5.74, 6) is 0. The lowest BCUT2D eigenvalue weighted by atomic mass is 9.85. The molecule has 0 aromatic rings. The van der Waals surface area contributed by atoms with Crippen LogP contribution in [0.3, 0.4) is 0 Å². The third-order valence-corrected chi connectivity index (χ3v) is 0.951. The van der Waals surface area contributed by atoms with Crippen molar-refractivity contribution >= 4 is 0 Å². The van der Waals surface area contributed by atoms with Crippen molar-refractivity contribution in [1.82, 2.24) is 0 Å². The normalized spacial score (nSPS) is 14.0. The van der Waals surface area contributed by atoms with E-state index in [1.807, 2.05) is 20.8 Å². The Morgan fingerprint density at radius 2 is 1.33 bits per heavy atom. The highest BCUT2D eigenvalue weighted by molar-refractivity contribution is 4.74. The first-order valence-electron chi connectivity index (χ1n) is 3.40. The molecule has 0 fully saturated rings. The van der Waals surface area contributed by atoms with Gasteiger partial charge in [-0.3, -0.25) is 0 Å². The van der Waals surface area contributed by atoms with E-state index < -0.39 is 5.67 Å². The van der Waals surface area contributed by atoms with Crippen LogP contribution in [-0.2, 0) is 0 Å². The van der Waals surface area contributed by atoms with E-state index >= 15 is 0 Å². The number of alkyl halides is 1. The molecule has 0 amide bonds. The molecule has 0 unspecified atom stereocenters. The van der Waals surface area contributed by atoms with Crippen molar-refractivity contribution < 1.29 is 4.39 Å². The smallest absolute Gasteiger partial charge is 0.106 e. The fraction of sp³-hybridized carbons (Fsp3) is 1.00. The minimum Gasteiger partial charge on any atom is -0.244 e. The number of hydrogen-bond acceptors (Lipinski definition) is 0. The van der Waals surface area contributed by atoms with E-state index in [2.05, 4.69) is 0 Å². The van der Waals surface area contributed by atoms with Gasteiger partial charge in [-0.05, 0) is 25.7 Å². The minimum absolute atomic E-state index is 0.109. The van der Waals surface area contributed by atoms with Crippen LogP contribution in [0.4, 0.5) is 4.39 Å². The Hall–Kier alpha value is -0.0700. The Kier molecular flexibility index (Phi) is 2.26. The zero-order valence-corrected chi connectivity index (χ0v) is 7.09. The highest BCUT2D eigenvalue weighted by atomic mass is 19.1. The van der Waals surface area contributed by atoms with Crippen LogP contribution in [0.15, 0.2) is 0 Å². The first-order valence-corrected chi connectivity index (χ1v) is 3.40. The largest absolute Gasteiger partial charge is 0.244 e. The molecule has 0 heterocycles. The molecule has 0 N–H and O–H groups in total. The van der Waals surface area contributed by atoms with Gasteiger partial charge in [0.15, 0.2) is 0 Å². The van der Waals surface area contributed by atoms with Gasteiger partial charge in [0.1, 0.15) is 5.67 Å². The molecule has 0 spiro atoms. The summed E-state index contributed by atoms with van der Waals surface area (Å²) in [6.45, 7) is 9.40. The van der Waals surface area contributed by atoms with Crippen molar-refractivity contribution in [2.75, 3.05) is 0 Å². The minimum atomic E-state index is -1.02. The molecule has 0 saturated heterocycles. The zero-order chi connectivity index (χ0) is 7.71. The number of rotatable bonds is 1. The maximum absolute atomic E-state index is 12.9. The second kappa shape index (κ2) is 2.28. The van der Waals surface area contributed by atoms with Gasteiger partial charge in [0.2, 0.25) is 0 Å². The molecule has 0 nitrogen and oxygen atoms in total. The van der Waals surface area contributed by atoms with Gasteiger partial charge < -0.3 is 0 Å². The summed E-state index contributed by atoms with van der Waals surface area (Å²) in [6, 6.07) is 0. The lowest BCUT2D eigenvalue weighted by Crippen LogP contribution is -2.21. The van der Waals surface area contributed by atoms with Crippen LogP contribution >= 0.6 is 0 Å². The molecule has 1 heteroatoms. The van der Waals surface area contributed by atoms with Gasteiger partial charge in [-0.2, -0.15) is 0 Å². The van der Waals surface area contributed by atoms with Gasteiger partial charge in [0, 0.05) is 0 Å². The summed E-state index contributed by atoms with van der Waals surface area (Å²) >= 11 is 0. The van der Waals surface area contributed by atoms with Gasteiger partial charge in [-0.15, -0.1) is 0 Å². The molecular weight excluding hydrogens is 115 g/mol. The van der Waals surface area contributed by atoms with Crippen molar-refractivity contribution in [3.63, 3.8) is 0 Å². The molecule has 0 saturated carbocycles. The third kappa shape index (κ3) is 7.93. The summed E-state index contributed by atoms with van der Waals surface area (Å²) in [5.41, 5.74) is -0.906. The fourth-order valence-electron chi connectivity index (χ4n) is 1.26. The lowest BCUT2D eigenvalue weighted by molar-refractivity contribution is 0.139. The van der Waals surface area contributed by atoms with Crippen LogP contribution in [0.25, 0.3) is 0 Å². The molecule has 0 atom stereocenters. The average Bonchev–Trinajstić information content (AvgIpc) is 1.14. The monoisotopic (exact) mass is 132 g/mol. The second-order valence-electron chi connectivity index (χ2n) is 4.46. The molecule has 0 rings (SSSR count). The Balaban J connectivity index is 3.75. The van der Waals surface area contributed by atoms with Crippen molar-refractivity contribution in [3.8, 4) is 0 Å². The highest BCUT2D eigenvalue weighted by Gasteiger charge is 2.23. The standard InChI is InChI=1S/C8H17F/c1-7(2,3)6-8(4,5)9/h6H2,1-5H3. The van der Waals surface area contributed by atoms with E-state index in [-0.39, 0.29) is 5.41 Å². The van der Waals surface area contributed by atoms with Gasteiger partial charge in [-0.1, -0.05) is 20.8 Å². The van der Waals surface area contributed by atoms with E-state index in [0.717, 1.165) is 0 Å². The molecule has 0 bridgehead atoms. The molecule has 0 radical (unpaired) electrons. The Morgan fingerprint density at radius 1 is 1.00 bits per heavy atom. The van der Waals surface area contributed by atoms with E-state index in [1.54, 1.807) is 13.8 Å². The van der Waals surface area contributed by atoms with Crippen molar-refractivity contribution in [1.29, 1.82) is 0 Å². The topological polar surface area (TPSA) is 0 Å². The first-order chi connectivity index (χ1) is 3.71. The van der Waals surface area contributed by atoms with Gasteiger partial charge >= 0.3 is 0 Å². The van der Waals surface area contributed by atoms with Gasteiger partial charge in [0.25, 0.3) is 0 Å². The van der Waals surface area contributed by atoms with Crippen LogP contribution in [-0.4, -0.2) is 5.67 Å². The Bertz CT molecular complexity index is 69.7. The van der Waals surface area contributed by atoms with E-state index in [9.17, 15) is 4.39 Å². The molecule has 0 aromatic heterocycles. The molecule has 0 aromatic carbocycles. The summed E-state index contributed by atoms with van der Waals surface area (Å²) in [4.78, 5) is 0. The van der Waals surface area contributed by atoms with Crippen LogP contribution in [0, 0.1) is 5.41 Å². The molecule has 0 aliphatic heterocycles. The van der Waals surface area contributed by atoms with Crippen molar-refractivity contribution in [2.24, 2.45) is 5.41 Å². The van der Waals surface area contributed by atoms with Gasteiger partial charge in [0.05, 0.1) is 0 Å². The molecule has 9 heavy (non-hydrogen) atoms. The highest BCUT2D eigenvalue weighted by Crippen LogP contribution is 2.28. The number of halogens is 1. The van der Waals surface area contributed by atoms with Crippen LogP contribution < -0.4 is 0 Å². The van der Waals surface area contributed by atoms with E-state index in [0.29, 0.717) is 6.42 Å². The molecule has 56 valence electrons. The molecule has 0 aliphatic rings. The molecular formula is C8H17F. The summed E-state index contributed by atoms with van der Waals surface area (Å²) < 4.78 is 12.9. The van der Waals surface area contributed by atoms with Crippen LogP contribution in [0.5, 0.6) is 0 Å². The van der Waals surface area contributed by atoms with Crippen molar-refractivity contribution in [2.45, 2.75) is 46.7 Å². The quantitative estimate of drug-likeness (QED) is 0.514.